The van der Waals surface area contributed by atoms with E-state index in [2.05, 4.69) is 0 Å². The monoisotopic (exact) mass is 240 g/mol. The summed E-state index contributed by atoms with van der Waals surface area (Å²) in [6.45, 7) is 4.32. The molecule has 0 aromatic heterocycles. The number of aromatic hydroxyl groups is 1. The lowest BCUT2D eigenvalue weighted by atomic mass is 10.1. The van der Waals surface area contributed by atoms with Crippen molar-refractivity contribution in [2.45, 2.75) is 13.8 Å². The maximum Gasteiger partial charge on any atom is 0.208 e. The van der Waals surface area contributed by atoms with Crippen LogP contribution in [0, 0.1) is 0 Å². The van der Waals surface area contributed by atoms with Gasteiger partial charge in [0.25, 0.3) is 0 Å². The second-order valence-corrected chi connectivity index (χ2v) is 3.16. The molecule has 0 fully saturated rings. The number of hydrogen-bond acceptors (Lipinski definition) is 5. The van der Waals surface area contributed by atoms with Crippen molar-refractivity contribution < 1.29 is 24.1 Å². The molecule has 0 atom stereocenters. The van der Waals surface area contributed by atoms with Crippen molar-refractivity contribution in [3.05, 3.63) is 11.6 Å². The predicted octanol–water partition coefficient (Wildman–Crippen LogP) is 2.01. The zero-order valence-electron chi connectivity index (χ0n) is 10.1. The van der Waals surface area contributed by atoms with E-state index in [1.54, 1.807) is 13.8 Å². The van der Waals surface area contributed by atoms with Crippen molar-refractivity contribution in [3.63, 3.8) is 0 Å². The number of phenols is 1. The van der Waals surface area contributed by atoms with Gasteiger partial charge >= 0.3 is 0 Å². The van der Waals surface area contributed by atoms with Gasteiger partial charge in [0, 0.05) is 0 Å². The van der Waals surface area contributed by atoms with Crippen LogP contribution in [0.5, 0.6) is 23.0 Å². The highest BCUT2D eigenvalue weighted by Crippen LogP contribution is 2.45. The van der Waals surface area contributed by atoms with E-state index >= 15 is 0 Å². The van der Waals surface area contributed by atoms with Crippen molar-refractivity contribution in [1.29, 1.82) is 0 Å². The molecule has 0 unspecified atom stereocenters. The van der Waals surface area contributed by atoms with Gasteiger partial charge in [-0.3, -0.25) is 4.79 Å². The minimum Gasteiger partial charge on any atom is -0.504 e. The quantitative estimate of drug-likeness (QED) is 0.770. The molecule has 1 N–H and O–H groups in total. The third-order valence-electron chi connectivity index (χ3n) is 2.13. The highest BCUT2D eigenvalue weighted by Gasteiger charge is 2.20. The summed E-state index contributed by atoms with van der Waals surface area (Å²) < 4.78 is 15.8. The van der Waals surface area contributed by atoms with Crippen LogP contribution in [0.4, 0.5) is 0 Å². The summed E-state index contributed by atoms with van der Waals surface area (Å²) in [5.41, 5.74) is 0.105. The zero-order chi connectivity index (χ0) is 12.8. The van der Waals surface area contributed by atoms with Gasteiger partial charge in [0.2, 0.25) is 11.5 Å². The maximum atomic E-state index is 10.8. The molecule has 0 saturated heterocycles. The lowest BCUT2D eigenvalue weighted by Crippen LogP contribution is -2.02. The molecule has 0 aliphatic rings. The molecule has 0 saturated carbocycles. The Labute approximate surface area is 99.9 Å². The van der Waals surface area contributed by atoms with E-state index in [1.165, 1.54) is 13.2 Å². The number of carbonyl (C=O) groups excluding carboxylic acids is 1. The first-order chi connectivity index (χ1) is 8.19. The molecule has 0 heterocycles. The number of hydrogen-bond donors (Lipinski definition) is 1. The molecule has 5 heteroatoms. The largest absolute Gasteiger partial charge is 0.504 e. The fourth-order valence-corrected chi connectivity index (χ4v) is 1.43. The van der Waals surface area contributed by atoms with Crippen LogP contribution < -0.4 is 14.2 Å². The number of benzene rings is 1. The number of phenolic OH excluding ortho intramolecular Hbond substituents is 1. The van der Waals surface area contributed by atoms with E-state index in [-0.39, 0.29) is 17.1 Å². The molecule has 0 aliphatic heterocycles. The lowest BCUT2D eigenvalue weighted by molar-refractivity contribution is 0.111. The van der Waals surface area contributed by atoms with Crippen LogP contribution in [-0.4, -0.2) is 31.7 Å². The molecular formula is C12H16O5. The first kappa shape index (κ1) is 13.2. The minimum absolute atomic E-state index is 0.105. The Morgan fingerprint density at radius 2 is 1.82 bits per heavy atom. The van der Waals surface area contributed by atoms with Crippen molar-refractivity contribution in [2.75, 3.05) is 20.3 Å². The summed E-state index contributed by atoms with van der Waals surface area (Å²) in [5.74, 6) is 0.567. The summed E-state index contributed by atoms with van der Waals surface area (Å²) in [7, 11) is 1.46. The average Bonchev–Trinajstić information content (AvgIpc) is 2.34. The SMILES string of the molecule is CCOc1c(OC)cc(C=O)c(O)c1OCC. The second-order valence-electron chi connectivity index (χ2n) is 3.16. The van der Waals surface area contributed by atoms with Crippen LogP contribution in [0.2, 0.25) is 0 Å². The van der Waals surface area contributed by atoms with Crippen molar-refractivity contribution in [2.24, 2.45) is 0 Å². The van der Waals surface area contributed by atoms with Crippen LogP contribution in [0.1, 0.15) is 24.2 Å². The van der Waals surface area contributed by atoms with E-state index in [1.807, 2.05) is 0 Å². The molecule has 17 heavy (non-hydrogen) atoms. The van der Waals surface area contributed by atoms with Crippen LogP contribution >= 0.6 is 0 Å². The molecule has 1 aromatic rings. The molecule has 0 spiro atoms. The summed E-state index contributed by atoms with van der Waals surface area (Å²) in [6, 6.07) is 1.41. The number of ether oxygens (including phenoxy) is 3. The molecule has 5 nitrogen and oxygen atoms in total. The van der Waals surface area contributed by atoms with E-state index in [4.69, 9.17) is 14.2 Å². The molecule has 0 amide bonds. The van der Waals surface area contributed by atoms with Gasteiger partial charge in [-0.05, 0) is 19.9 Å². The van der Waals surface area contributed by atoms with E-state index in [0.29, 0.717) is 31.0 Å². The van der Waals surface area contributed by atoms with Crippen molar-refractivity contribution >= 4 is 6.29 Å². The third kappa shape index (κ3) is 2.61. The molecule has 1 aromatic carbocycles. The summed E-state index contributed by atoms with van der Waals surface area (Å²) in [5, 5.41) is 9.86. The topological polar surface area (TPSA) is 65.0 Å². The standard InChI is InChI=1S/C12H16O5/c1-4-16-11-9(15-3)6-8(7-13)10(14)12(11)17-5-2/h6-7,14H,4-5H2,1-3H3. The average molecular weight is 240 g/mol. The zero-order valence-corrected chi connectivity index (χ0v) is 10.1. The van der Waals surface area contributed by atoms with E-state index in [9.17, 15) is 9.90 Å². The van der Waals surface area contributed by atoms with Crippen LogP contribution in [0.25, 0.3) is 0 Å². The Balaban J connectivity index is 3.41. The van der Waals surface area contributed by atoms with Gasteiger partial charge in [-0.1, -0.05) is 0 Å². The van der Waals surface area contributed by atoms with Crippen molar-refractivity contribution in [1.82, 2.24) is 0 Å². The third-order valence-corrected chi connectivity index (χ3v) is 2.13. The van der Waals surface area contributed by atoms with Crippen LogP contribution in [0.3, 0.4) is 0 Å². The molecule has 1 rings (SSSR count). The van der Waals surface area contributed by atoms with Gasteiger partial charge in [-0.25, -0.2) is 0 Å². The van der Waals surface area contributed by atoms with E-state index in [0.717, 1.165) is 0 Å². The number of carbonyl (C=O) groups is 1. The van der Waals surface area contributed by atoms with Gasteiger partial charge in [0.15, 0.2) is 17.8 Å². The Morgan fingerprint density at radius 3 is 2.29 bits per heavy atom. The smallest absolute Gasteiger partial charge is 0.208 e. The number of aldehydes is 1. The molecule has 0 aliphatic carbocycles. The Kier molecular flexibility index (Phi) is 4.63. The highest BCUT2D eigenvalue weighted by atomic mass is 16.5. The van der Waals surface area contributed by atoms with Crippen molar-refractivity contribution in [3.8, 4) is 23.0 Å². The Morgan fingerprint density at radius 1 is 1.24 bits per heavy atom. The Hall–Kier alpha value is -1.91. The minimum atomic E-state index is -0.230. The molecule has 94 valence electrons. The fraction of sp³-hybridized carbons (Fsp3) is 0.417. The fourth-order valence-electron chi connectivity index (χ4n) is 1.43. The van der Waals surface area contributed by atoms with Crippen LogP contribution in [-0.2, 0) is 0 Å². The van der Waals surface area contributed by atoms with Crippen LogP contribution in [0.15, 0.2) is 6.07 Å². The van der Waals surface area contributed by atoms with Gasteiger partial charge in [0.05, 0.1) is 25.9 Å². The van der Waals surface area contributed by atoms with Gasteiger partial charge < -0.3 is 19.3 Å². The number of rotatable bonds is 6. The predicted molar refractivity (Wildman–Crippen MR) is 62.4 cm³/mol. The first-order valence-electron chi connectivity index (χ1n) is 5.34. The summed E-state index contributed by atoms with van der Waals surface area (Å²) >= 11 is 0. The number of methoxy groups -OCH3 is 1. The Bertz CT molecular complexity index is 400. The highest BCUT2D eigenvalue weighted by molar-refractivity contribution is 5.84. The summed E-state index contributed by atoms with van der Waals surface area (Å²) in [6.07, 6.45) is 0.538. The van der Waals surface area contributed by atoms with Gasteiger partial charge in [-0.15, -0.1) is 0 Å². The van der Waals surface area contributed by atoms with Gasteiger partial charge in [-0.2, -0.15) is 0 Å². The second kappa shape index (κ2) is 5.98. The maximum absolute atomic E-state index is 10.8. The van der Waals surface area contributed by atoms with Gasteiger partial charge in [0.1, 0.15) is 0 Å². The molecule has 0 radical (unpaired) electrons. The molecular weight excluding hydrogens is 224 g/mol. The molecule has 0 bridgehead atoms. The normalized spacial score (nSPS) is 9.82. The first-order valence-corrected chi connectivity index (χ1v) is 5.34. The van der Waals surface area contributed by atoms with E-state index < -0.39 is 0 Å². The summed E-state index contributed by atoms with van der Waals surface area (Å²) in [4.78, 5) is 10.8. The lowest BCUT2D eigenvalue weighted by Gasteiger charge is -2.16.